The summed E-state index contributed by atoms with van der Waals surface area (Å²) in [6.07, 6.45) is 7.50. The minimum Gasteiger partial charge on any atom is -0.475 e. The van der Waals surface area contributed by atoms with Gasteiger partial charge in [0.05, 0.1) is 6.61 Å². The number of nitrogens with one attached hydrogen (secondary N) is 1. The fourth-order valence-electron chi connectivity index (χ4n) is 2.62. The third kappa shape index (κ3) is 3.60. The lowest BCUT2D eigenvalue weighted by Crippen LogP contribution is -2.16. The topological polar surface area (TPSA) is 56.3 Å². The second-order valence-corrected chi connectivity index (χ2v) is 5.69. The fraction of sp³-hybridized carbons (Fsp3) is 0.733. The monoisotopic (exact) mass is 277 g/mol. The van der Waals surface area contributed by atoms with Gasteiger partial charge in [-0.05, 0) is 25.7 Å². The molecule has 2 fully saturated rings. The van der Waals surface area contributed by atoms with Crippen LogP contribution in [0.15, 0.2) is 6.07 Å². The predicted octanol–water partition coefficient (Wildman–Crippen LogP) is 2.73. The highest BCUT2D eigenvalue weighted by Crippen LogP contribution is 2.39. The highest BCUT2D eigenvalue weighted by molar-refractivity contribution is 5.40. The minimum absolute atomic E-state index is 0.528. The minimum atomic E-state index is 0.528. The molecule has 2 aliphatic rings. The lowest BCUT2D eigenvalue weighted by atomic mass is 10.2. The summed E-state index contributed by atoms with van der Waals surface area (Å²) in [4.78, 5) is 9.17. The van der Waals surface area contributed by atoms with Gasteiger partial charge in [0, 0.05) is 25.1 Å². The molecule has 0 bridgehead atoms. The predicted molar refractivity (Wildman–Crippen MR) is 77.3 cm³/mol. The van der Waals surface area contributed by atoms with E-state index in [0.29, 0.717) is 31.1 Å². The van der Waals surface area contributed by atoms with Gasteiger partial charge < -0.3 is 14.8 Å². The van der Waals surface area contributed by atoms with Gasteiger partial charge in [0.25, 0.3) is 0 Å². The van der Waals surface area contributed by atoms with Crippen molar-refractivity contribution in [3.8, 4) is 5.88 Å². The van der Waals surface area contributed by atoms with Gasteiger partial charge in [0.2, 0.25) is 5.88 Å². The van der Waals surface area contributed by atoms with Gasteiger partial charge in [-0.1, -0.05) is 12.8 Å². The van der Waals surface area contributed by atoms with Gasteiger partial charge in [-0.3, -0.25) is 0 Å². The van der Waals surface area contributed by atoms with Crippen molar-refractivity contribution in [2.45, 2.75) is 50.5 Å². The van der Waals surface area contributed by atoms with Crippen LogP contribution in [0.25, 0.3) is 0 Å². The first-order valence-corrected chi connectivity index (χ1v) is 7.62. The molecule has 5 heteroatoms. The van der Waals surface area contributed by atoms with Gasteiger partial charge >= 0.3 is 0 Å². The third-order valence-corrected chi connectivity index (χ3v) is 3.91. The molecule has 0 amide bonds. The smallest absolute Gasteiger partial charge is 0.218 e. The van der Waals surface area contributed by atoms with E-state index in [1.807, 2.05) is 6.07 Å². The largest absolute Gasteiger partial charge is 0.475 e. The van der Waals surface area contributed by atoms with Crippen molar-refractivity contribution in [3.63, 3.8) is 0 Å². The van der Waals surface area contributed by atoms with E-state index in [1.165, 1.54) is 38.5 Å². The molecule has 5 nitrogen and oxygen atoms in total. The zero-order valence-corrected chi connectivity index (χ0v) is 12.1. The van der Waals surface area contributed by atoms with Crippen LogP contribution >= 0.6 is 0 Å². The van der Waals surface area contributed by atoms with Crippen molar-refractivity contribution in [2.75, 3.05) is 25.6 Å². The van der Waals surface area contributed by atoms with E-state index >= 15 is 0 Å². The molecule has 1 N–H and O–H groups in total. The first kappa shape index (κ1) is 13.6. The molecule has 110 valence electrons. The number of methoxy groups -OCH3 is 1. The highest BCUT2D eigenvalue weighted by atomic mass is 16.5. The average molecular weight is 277 g/mol. The maximum Gasteiger partial charge on any atom is 0.218 e. The van der Waals surface area contributed by atoms with Gasteiger partial charge in [0.15, 0.2) is 0 Å². The summed E-state index contributed by atoms with van der Waals surface area (Å²) in [5.74, 6) is 3.05. The van der Waals surface area contributed by atoms with Crippen LogP contribution in [0.4, 0.5) is 5.82 Å². The van der Waals surface area contributed by atoms with E-state index in [1.54, 1.807) is 7.11 Å². The van der Waals surface area contributed by atoms with Crippen LogP contribution in [0.1, 0.15) is 50.3 Å². The zero-order valence-electron chi connectivity index (χ0n) is 12.1. The molecule has 2 aliphatic carbocycles. The summed E-state index contributed by atoms with van der Waals surface area (Å²) in [5.41, 5.74) is 0. The molecular formula is C15H23N3O2. The van der Waals surface area contributed by atoms with Crippen LogP contribution in [0, 0.1) is 0 Å². The van der Waals surface area contributed by atoms with E-state index in [4.69, 9.17) is 9.47 Å². The Morgan fingerprint density at radius 2 is 1.95 bits per heavy atom. The van der Waals surface area contributed by atoms with Crippen LogP contribution in [0.3, 0.4) is 0 Å². The summed E-state index contributed by atoms with van der Waals surface area (Å²) in [7, 11) is 1.67. The van der Waals surface area contributed by atoms with Crippen LogP contribution in [0.2, 0.25) is 0 Å². The molecule has 0 saturated heterocycles. The summed E-state index contributed by atoms with van der Waals surface area (Å²) in [6.45, 7) is 1.11. The van der Waals surface area contributed by atoms with Gasteiger partial charge in [-0.15, -0.1) is 0 Å². The molecular weight excluding hydrogens is 254 g/mol. The zero-order chi connectivity index (χ0) is 13.8. The van der Waals surface area contributed by atoms with Crippen LogP contribution in [0.5, 0.6) is 5.88 Å². The number of anilines is 1. The van der Waals surface area contributed by atoms with Crippen molar-refractivity contribution in [2.24, 2.45) is 0 Å². The van der Waals surface area contributed by atoms with E-state index in [-0.39, 0.29) is 0 Å². The first-order chi connectivity index (χ1) is 9.85. The second-order valence-electron chi connectivity index (χ2n) is 5.69. The van der Waals surface area contributed by atoms with Crippen LogP contribution in [-0.2, 0) is 4.74 Å². The Kier molecular flexibility index (Phi) is 4.35. The number of nitrogens with zero attached hydrogens (tertiary/aromatic N) is 2. The molecule has 0 atom stereocenters. The molecule has 0 unspecified atom stereocenters. The van der Waals surface area contributed by atoms with Crippen molar-refractivity contribution < 1.29 is 9.47 Å². The second kappa shape index (κ2) is 6.39. The molecule has 1 aromatic rings. The maximum absolute atomic E-state index is 5.65. The van der Waals surface area contributed by atoms with Crippen LogP contribution in [-0.4, -0.2) is 36.3 Å². The maximum atomic E-state index is 5.65. The highest BCUT2D eigenvalue weighted by Gasteiger charge is 2.28. The standard InChI is InChI=1S/C15H23N3O2/c1-19-8-9-20-14-10-13(16-12-4-2-3-5-12)17-15(18-14)11-6-7-11/h10-12H,2-9H2,1H3,(H,16,17,18). The molecule has 1 aromatic heterocycles. The Hall–Kier alpha value is -1.36. The number of ether oxygens (including phenoxy) is 2. The SMILES string of the molecule is COCCOc1cc(NC2CCCC2)nc(C2CC2)n1. The average Bonchev–Trinajstić information content (AvgIpc) is 3.18. The Morgan fingerprint density at radius 3 is 2.65 bits per heavy atom. The van der Waals surface area contributed by atoms with Crippen molar-refractivity contribution in [3.05, 3.63) is 11.9 Å². The molecule has 0 aromatic carbocycles. The molecule has 3 rings (SSSR count). The van der Waals surface area contributed by atoms with E-state index in [2.05, 4.69) is 15.3 Å². The quantitative estimate of drug-likeness (QED) is 0.777. The van der Waals surface area contributed by atoms with Gasteiger partial charge in [0.1, 0.15) is 18.2 Å². The normalized spacial score (nSPS) is 19.2. The molecule has 20 heavy (non-hydrogen) atoms. The first-order valence-electron chi connectivity index (χ1n) is 7.62. The van der Waals surface area contributed by atoms with Crippen molar-refractivity contribution in [1.82, 2.24) is 9.97 Å². The molecule has 2 saturated carbocycles. The van der Waals surface area contributed by atoms with Crippen molar-refractivity contribution >= 4 is 5.82 Å². The van der Waals surface area contributed by atoms with E-state index in [9.17, 15) is 0 Å². The summed E-state index contributed by atoms with van der Waals surface area (Å²) >= 11 is 0. The van der Waals surface area contributed by atoms with Crippen molar-refractivity contribution in [1.29, 1.82) is 0 Å². The number of hydrogen-bond acceptors (Lipinski definition) is 5. The Labute approximate surface area is 120 Å². The van der Waals surface area contributed by atoms with Gasteiger partial charge in [-0.2, -0.15) is 4.98 Å². The number of rotatable bonds is 7. The Morgan fingerprint density at radius 1 is 1.15 bits per heavy atom. The Bertz CT molecular complexity index is 443. The third-order valence-electron chi connectivity index (χ3n) is 3.91. The van der Waals surface area contributed by atoms with E-state index in [0.717, 1.165) is 11.6 Å². The lowest BCUT2D eigenvalue weighted by molar-refractivity contribution is 0.143. The van der Waals surface area contributed by atoms with E-state index < -0.39 is 0 Å². The Balaban J connectivity index is 1.69. The molecule has 0 radical (unpaired) electrons. The molecule has 0 aliphatic heterocycles. The number of hydrogen-bond donors (Lipinski definition) is 1. The summed E-state index contributed by atoms with van der Waals surface area (Å²) in [5, 5.41) is 3.53. The number of aromatic nitrogens is 2. The summed E-state index contributed by atoms with van der Waals surface area (Å²) < 4.78 is 10.7. The molecule has 0 spiro atoms. The summed E-state index contributed by atoms with van der Waals surface area (Å²) in [6, 6.07) is 2.48. The lowest BCUT2D eigenvalue weighted by Gasteiger charge is -2.14. The van der Waals surface area contributed by atoms with Gasteiger partial charge in [-0.25, -0.2) is 4.98 Å². The fourth-order valence-corrected chi connectivity index (χ4v) is 2.62. The van der Waals surface area contributed by atoms with Crippen LogP contribution < -0.4 is 10.1 Å². The molecule has 1 heterocycles.